The summed E-state index contributed by atoms with van der Waals surface area (Å²) in [6.07, 6.45) is 2.89. The summed E-state index contributed by atoms with van der Waals surface area (Å²) in [7, 11) is 0. The van der Waals surface area contributed by atoms with E-state index in [9.17, 15) is 0 Å². The van der Waals surface area contributed by atoms with E-state index in [-0.39, 0.29) is 13.2 Å². The van der Waals surface area contributed by atoms with Gasteiger partial charge < -0.3 is 30.5 Å². The van der Waals surface area contributed by atoms with E-state index in [4.69, 9.17) is 19.9 Å². The van der Waals surface area contributed by atoms with Gasteiger partial charge in [0.05, 0.1) is 30.2 Å². The van der Waals surface area contributed by atoms with Crippen molar-refractivity contribution in [3.05, 3.63) is 71.2 Å². The molecule has 2 aromatic carbocycles. The van der Waals surface area contributed by atoms with Crippen molar-refractivity contribution in [3.8, 4) is 16.9 Å². The molecule has 8 nitrogen and oxygen atoms in total. The van der Waals surface area contributed by atoms with Crippen LogP contribution in [0.4, 0.5) is 11.4 Å². The highest BCUT2D eigenvalue weighted by atomic mass is 32.1. The minimum absolute atomic E-state index is 0.129. The number of benzene rings is 2. The van der Waals surface area contributed by atoms with Crippen molar-refractivity contribution in [2.24, 2.45) is 0 Å². The fraction of sp³-hybridized carbons (Fsp3) is 0.406. The number of anilines is 2. The molecule has 9 heteroatoms. The Labute approximate surface area is 246 Å². The summed E-state index contributed by atoms with van der Waals surface area (Å²) >= 11 is 1.68. The zero-order chi connectivity index (χ0) is 28.4. The highest BCUT2D eigenvalue weighted by molar-refractivity contribution is 7.17. The van der Waals surface area contributed by atoms with Gasteiger partial charge in [0.1, 0.15) is 11.3 Å². The molecule has 41 heavy (non-hydrogen) atoms. The first kappa shape index (κ1) is 29.4. The molecule has 1 saturated heterocycles. The van der Waals surface area contributed by atoms with Crippen LogP contribution in [0.2, 0.25) is 0 Å². The van der Waals surface area contributed by atoms with Gasteiger partial charge in [0.15, 0.2) is 0 Å². The molecule has 0 unspecified atom stereocenters. The first-order valence-corrected chi connectivity index (χ1v) is 15.4. The van der Waals surface area contributed by atoms with Gasteiger partial charge in [0.2, 0.25) is 0 Å². The third kappa shape index (κ3) is 7.82. The summed E-state index contributed by atoms with van der Waals surface area (Å²) in [5.74, 6) is 0.894. The predicted molar refractivity (Wildman–Crippen MR) is 168 cm³/mol. The maximum absolute atomic E-state index is 9.12. The molecule has 2 aromatic heterocycles. The number of hydrogen-bond donors (Lipinski definition) is 4. The van der Waals surface area contributed by atoms with E-state index in [0.717, 1.165) is 84.2 Å². The lowest BCUT2D eigenvalue weighted by molar-refractivity contribution is 0.108. The fourth-order valence-corrected chi connectivity index (χ4v) is 6.20. The van der Waals surface area contributed by atoms with Crippen LogP contribution in [0.3, 0.4) is 0 Å². The maximum Gasteiger partial charge on any atom is 0.119 e. The lowest BCUT2D eigenvalue weighted by Crippen LogP contribution is -2.47. The van der Waals surface area contributed by atoms with Gasteiger partial charge in [0, 0.05) is 69.6 Å². The van der Waals surface area contributed by atoms with E-state index >= 15 is 0 Å². The number of fused-ring (bicyclic) bond motifs is 1. The molecule has 3 heterocycles. The standard InChI is InChI=1S/C32H41N5O3S/c1-24-28(26-5-2-6-27(20-26)40-18-4-10-36-11-13-37(14-12-36)15-17-39)7-3-8-29(24)35-30-23-41-31-19-25(21-33-9-16-38)22-34-32(30)31/h2-3,5-8,19-20,22-23,33,35,38-39H,4,9-18,21H2,1H3. The first-order valence-electron chi connectivity index (χ1n) is 14.5. The molecule has 4 N–H and O–H groups in total. The summed E-state index contributed by atoms with van der Waals surface area (Å²) in [5.41, 5.74) is 7.62. The number of nitrogens with zero attached hydrogens (tertiary/aromatic N) is 3. The van der Waals surface area contributed by atoms with Crippen molar-refractivity contribution in [3.63, 3.8) is 0 Å². The van der Waals surface area contributed by atoms with E-state index in [1.54, 1.807) is 11.3 Å². The van der Waals surface area contributed by atoms with Crippen LogP contribution in [-0.4, -0.2) is 90.6 Å². The minimum Gasteiger partial charge on any atom is -0.494 e. The van der Waals surface area contributed by atoms with Crippen LogP contribution in [0, 0.1) is 6.92 Å². The Bertz CT molecular complexity index is 1400. The maximum atomic E-state index is 9.12. The van der Waals surface area contributed by atoms with Gasteiger partial charge in [0.25, 0.3) is 0 Å². The Kier molecular flexibility index (Phi) is 10.6. The number of β-amino-alcohol motifs (C(OH)–C–C–N with tert-alkyl or cyclic N) is 1. The second kappa shape index (κ2) is 14.7. The number of thiophene rings is 1. The lowest BCUT2D eigenvalue weighted by Gasteiger charge is -2.34. The van der Waals surface area contributed by atoms with E-state index in [0.29, 0.717) is 19.7 Å². The second-order valence-corrected chi connectivity index (χ2v) is 11.4. The van der Waals surface area contributed by atoms with Crippen LogP contribution in [0.15, 0.2) is 60.1 Å². The number of rotatable bonds is 14. The summed E-state index contributed by atoms with van der Waals surface area (Å²) < 4.78 is 7.29. The fourth-order valence-electron chi connectivity index (χ4n) is 5.29. The number of hydrogen-bond acceptors (Lipinski definition) is 9. The van der Waals surface area contributed by atoms with Crippen LogP contribution >= 0.6 is 11.3 Å². The third-order valence-corrected chi connectivity index (χ3v) is 8.52. The SMILES string of the molecule is Cc1c(Nc2csc3cc(CNCCO)cnc23)cccc1-c1cccc(OCCCN2CCN(CCO)CC2)c1. The van der Waals surface area contributed by atoms with Crippen molar-refractivity contribution in [1.29, 1.82) is 0 Å². The molecule has 0 radical (unpaired) electrons. The molecule has 1 aliphatic heterocycles. The minimum atomic E-state index is 0.129. The number of pyridine rings is 1. The Balaban J connectivity index is 1.19. The molecular weight excluding hydrogens is 534 g/mol. The summed E-state index contributed by atoms with van der Waals surface area (Å²) in [4.78, 5) is 9.53. The number of piperazine rings is 1. The van der Waals surface area contributed by atoms with E-state index in [1.807, 2.05) is 12.3 Å². The molecule has 0 spiro atoms. The van der Waals surface area contributed by atoms with Gasteiger partial charge in [-0.25, -0.2) is 0 Å². The van der Waals surface area contributed by atoms with Gasteiger partial charge in [-0.3, -0.25) is 9.88 Å². The monoisotopic (exact) mass is 575 g/mol. The zero-order valence-electron chi connectivity index (χ0n) is 23.8. The number of aliphatic hydroxyl groups excluding tert-OH is 2. The van der Waals surface area contributed by atoms with E-state index in [1.165, 1.54) is 11.1 Å². The number of nitrogens with one attached hydrogen (secondary N) is 2. The average molecular weight is 576 g/mol. The molecule has 1 fully saturated rings. The molecule has 4 aromatic rings. The van der Waals surface area contributed by atoms with Crippen molar-refractivity contribution in [2.45, 2.75) is 19.9 Å². The van der Waals surface area contributed by atoms with Crippen molar-refractivity contribution in [1.82, 2.24) is 20.1 Å². The average Bonchev–Trinajstić information content (AvgIpc) is 3.39. The van der Waals surface area contributed by atoms with E-state index in [2.05, 4.69) is 75.2 Å². The Morgan fingerprint density at radius 1 is 0.951 bits per heavy atom. The normalized spacial score (nSPS) is 14.5. The predicted octanol–water partition coefficient (Wildman–Crippen LogP) is 4.48. The van der Waals surface area contributed by atoms with Crippen LogP contribution < -0.4 is 15.4 Å². The molecule has 0 atom stereocenters. The molecule has 0 amide bonds. The first-order chi connectivity index (χ1) is 20.1. The topological polar surface area (TPSA) is 93.1 Å². The second-order valence-electron chi connectivity index (χ2n) is 10.5. The zero-order valence-corrected chi connectivity index (χ0v) is 24.6. The van der Waals surface area contributed by atoms with Crippen LogP contribution in [-0.2, 0) is 6.54 Å². The molecule has 5 rings (SSSR count). The largest absolute Gasteiger partial charge is 0.494 e. The number of aliphatic hydroxyl groups is 2. The lowest BCUT2D eigenvalue weighted by atomic mass is 9.99. The van der Waals surface area contributed by atoms with Gasteiger partial charge in [-0.05, 0) is 59.9 Å². The number of ether oxygens (including phenoxy) is 1. The molecule has 0 aliphatic carbocycles. The molecule has 0 saturated carbocycles. The molecule has 0 bridgehead atoms. The van der Waals surface area contributed by atoms with Gasteiger partial charge in [-0.15, -0.1) is 11.3 Å². The Morgan fingerprint density at radius 3 is 2.56 bits per heavy atom. The summed E-state index contributed by atoms with van der Waals surface area (Å²) in [5, 5.41) is 27.1. The highest BCUT2D eigenvalue weighted by Crippen LogP contribution is 2.35. The third-order valence-electron chi connectivity index (χ3n) is 7.60. The van der Waals surface area contributed by atoms with Crippen LogP contribution in [0.25, 0.3) is 21.3 Å². The smallest absolute Gasteiger partial charge is 0.119 e. The molecular formula is C32H41N5O3S. The molecule has 1 aliphatic rings. The van der Waals surface area contributed by atoms with E-state index < -0.39 is 0 Å². The van der Waals surface area contributed by atoms with Gasteiger partial charge in [-0.2, -0.15) is 0 Å². The van der Waals surface area contributed by atoms with Crippen molar-refractivity contribution >= 4 is 32.9 Å². The Hall–Kier alpha value is -3.05. The number of aromatic nitrogens is 1. The highest BCUT2D eigenvalue weighted by Gasteiger charge is 2.16. The quantitative estimate of drug-likeness (QED) is 0.164. The van der Waals surface area contributed by atoms with Crippen LogP contribution in [0.1, 0.15) is 17.5 Å². The molecule has 218 valence electrons. The summed E-state index contributed by atoms with van der Waals surface area (Å²) in [6.45, 7) is 10.5. The van der Waals surface area contributed by atoms with Gasteiger partial charge >= 0.3 is 0 Å². The summed E-state index contributed by atoms with van der Waals surface area (Å²) in [6, 6.07) is 16.9. The van der Waals surface area contributed by atoms with Crippen molar-refractivity contribution in [2.75, 3.05) is 71.0 Å². The van der Waals surface area contributed by atoms with Gasteiger partial charge in [-0.1, -0.05) is 24.3 Å². The Morgan fingerprint density at radius 2 is 1.76 bits per heavy atom. The van der Waals surface area contributed by atoms with Crippen molar-refractivity contribution < 1.29 is 14.9 Å². The van der Waals surface area contributed by atoms with Crippen LogP contribution in [0.5, 0.6) is 5.75 Å².